The summed E-state index contributed by atoms with van der Waals surface area (Å²) in [5, 5.41) is 2.04. The van der Waals surface area contributed by atoms with Gasteiger partial charge in [-0.25, -0.2) is 0 Å². The maximum Gasteiger partial charge on any atom is 0.253 e. The Balaban J connectivity index is 2.11. The van der Waals surface area contributed by atoms with E-state index in [1.165, 1.54) is 4.88 Å². The molecule has 1 amide bonds. The number of amides is 1. The Morgan fingerprint density at radius 3 is 2.50 bits per heavy atom. The fourth-order valence-electron chi connectivity index (χ4n) is 2.06. The average Bonchev–Trinajstić information content (AvgIpc) is 2.88. The van der Waals surface area contributed by atoms with Crippen LogP contribution in [0.1, 0.15) is 22.2 Å². The molecule has 1 heterocycles. The van der Waals surface area contributed by atoms with Crippen LogP contribution >= 0.6 is 11.3 Å². The first kappa shape index (κ1) is 14.4. The van der Waals surface area contributed by atoms with Crippen LogP contribution in [-0.2, 0) is 6.42 Å². The van der Waals surface area contributed by atoms with E-state index in [0.29, 0.717) is 16.9 Å². The van der Waals surface area contributed by atoms with Crippen LogP contribution in [0.25, 0.3) is 0 Å². The van der Waals surface area contributed by atoms with Crippen LogP contribution in [-0.4, -0.2) is 23.9 Å². The maximum absolute atomic E-state index is 12.4. The van der Waals surface area contributed by atoms with E-state index in [4.69, 9.17) is 11.5 Å². The zero-order chi connectivity index (χ0) is 14.7. The predicted molar refractivity (Wildman–Crippen MR) is 84.8 cm³/mol. The number of hydrogen-bond donors (Lipinski definition) is 2. The lowest BCUT2D eigenvalue weighted by atomic mass is 10.1. The summed E-state index contributed by atoms with van der Waals surface area (Å²) in [6, 6.07) is 9.18. The normalized spacial score (nSPS) is 12.1. The number of thiophene rings is 1. The molecule has 20 heavy (non-hydrogen) atoms. The quantitative estimate of drug-likeness (QED) is 0.850. The van der Waals surface area contributed by atoms with Crippen molar-refractivity contribution in [1.82, 2.24) is 4.90 Å². The van der Waals surface area contributed by atoms with Gasteiger partial charge in [0.1, 0.15) is 0 Å². The van der Waals surface area contributed by atoms with E-state index in [1.54, 1.807) is 41.5 Å². The summed E-state index contributed by atoms with van der Waals surface area (Å²) >= 11 is 1.70. The van der Waals surface area contributed by atoms with Crippen LogP contribution in [0, 0.1) is 0 Å². The average molecular weight is 289 g/mol. The first-order chi connectivity index (χ1) is 9.47. The minimum atomic E-state index is -0.0620. The van der Waals surface area contributed by atoms with Crippen molar-refractivity contribution in [2.75, 3.05) is 18.5 Å². The monoisotopic (exact) mass is 289 g/mol. The molecule has 4 nitrogen and oxygen atoms in total. The zero-order valence-electron chi connectivity index (χ0n) is 11.7. The SMILES string of the molecule is CC(Cc1cccs1)N(C)C(=O)c1cc(N)cc(N)c1. The summed E-state index contributed by atoms with van der Waals surface area (Å²) in [5.74, 6) is -0.0620. The van der Waals surface area contributed by atoms with Gasteiger partial charge in [-0.05, 0) is 36.6 Å². The molecule has 0 spiro atoms. The minimum Gasteiger partial charge on any atom is -0.399 e. The van der Waals surface area contributed by atoms with E-state index in [2.05, 4.69) is 6.07 Å². The Morgan fingerprint density at radius 2 is 1.95 bits per heavy atom. The number of anilines is 2. The van der Waals surface area contributed by atoms with E-state index in [0.717, 1.165) is 6.42 Å². The molecule has 2 rings (SSSR count). The molecule has 1 aromatic heterocycles. The Hall–Kier alpha value is -2.01. The third kappa shape index (κ3) is 3.30. The molecular weight excluding hydrogens is 270 g/mol. The second kappa shape index (κ2) is 5.96. The van der Waals surface area contributed by atoms with Crippen molar-refractivity contribution in [3.63, 3.8) is 0 Å². The third-order valence-electron chi connectivity index (χ3n) is 3.28. The Bertz CT molecular complexity index is 575. The van der Waals surface area contributed by atoms with Crippen molar-refractivity contribution >= 4 is 28.6 Å². The molecule has 0 aliphatic rings. The van der Waals surface area contributed by atoms with Crippen LogP contribution < -0.4 is 11.5 Å². The smallest absolute Gasteiger partial charge is 0.253 e. The molecular formula is C15H19N3OS. The molecule has 0 aliphatic carbocycles. The van der Waals surface area contributed by atoms with Gasteiger partial charge in [-0.2, -0.15) is 0 Å². The van der Waals surface area contributed by atoms with Gasteiger partial charge >= 0.3 is 0 Å². The summed E-state index contributed by atoms with van der Waals surface area (Å²) < 4.78 is 0. The molecule has 0 saturated carbocycles. The van der Waals surface area contributed by atoms with Crippen molar-refractivity contribution < 1.29 is 4.79 Å². The van der Waals surface area contributed by atoms with Crippen molar-refractivity contribution in [3.8, 4) is 0 Å². The number of nitrogen functional groups attached to an aromatic ring is 2. The van der Waals surface area contributed by atoms with E-state index in [-0.39, 0.29) is 11.9 Å². The van der Waals surface area contributed by atoms with Crippen LogP contribution in [0.2, 0.25) is 0 Å². The molecule has 1 aromatic carbocycles. The van der Waals surface area contributed by atoms with Gasteiger partial charge in [-0.3, -0.25) is 4.79 Å². The number of rotatable bonds is 4. The molecule has 0 bridgehead atoms. The Morgan fingerprint density at radius 1 is 1.30 bits per heavy atom. The number of carbonyl (C=O) groups excluding carboxylic acids is 1. The van der Waals surface area contributed by atoms with E-state index in [9.17, 15) is 4.79 Å². The molecule has 2 aromatic rings. The van der Waals surface area contributed by atoms with Gasteiger partial charge in [0, 0.05) is 41.3 Å². The first-order valence-corrected chi connectivity index (χ1v) is 7.31. The predicted octanol–water partition coefficient (Wildman–Crippen LogP) is 2.62. The lowest BCUT2D eigenvalue weighted by Gasteiger charge is -2.25. The molecule has 0 aliphatic heterocycles. The van der Waals surface area contributed by atoms with E-state index >= 15 is 0 Å². The van der Waals surface area contributed by atoms with Gasteiger partial charge in [0.25, 0.3) is 5.91 Å². The first-order valence-electron chi connectivity index (χ1n) is 6.43. The van der Waals surface area contributed by atoms with Gasteiger partial charge < -0.3 is 16.4 Å². The van der Waals surface area contributed by atoms with Crippen LogP contribution in [0.5, 0.6) is 0 Å². The van der Waals surface area contributed by atoms with Crippen LogP contribution in [0.15, 0.2) is 35.7 Å². The fourth-order valence-corrected chi connectivity index (χ4v) is 2.89. The van der Waals surface area contributed by atoms with E-state index in [1.807, 2.05) is 18.4 Å². The maximum atomic E-state index is 12.4. The number of nitrogens with zero attached hydrogens (tertiary/aromatic N) is 1. The van der Waals surface area contributed by atoms with Crippen LogP contribution in [0.4, 0.5) is 11.4 Å². The highest BCUT2D eigenvalue weighted by molar-refractivity contribution is 7.09. The zero-order valence-corrected chi connectivity index (χ0v) is 12.5. The molecule has 5 heteroatoms. The number of carbonyl (C=O) groups is 1. The Kier molecular flexibility index (Phi) is 4.29. The fraction of sp³-hybridized carbons (Fsp3) is 0.267. The number of nitrogens with two attached hydrogens (primary N) is 2. The summed E-state index contributed by atoms with van der Waals surface area (Å²) in [6.45, 7) is 2.03. The van der Waals surface area contributed by atoms with Crippen molar-refractivity contribution in [2.24, 2.45) is 0 Å². The minimum absolute atomic E-state index is 0.0620. The highest BCUT2D eigenvalue weighted by Gasteiger charge is 2.18. The number of benzene rings is 1. The summed E-state index contributed by atoms with van der Waals surface area (Å²) in [5.41, 5.74) is 13.0. The largest absolute Gasteiger partial charge is 0.399 e. The van der Waals surface area contributed by atoms with E-state index < -0.39 is 0 Å². The number of likely N-dealkylation sites (N-methyl/N-ethyl adjacent to an activating group) is 1. The second-order valence-corrected chi connectivity index (χ2v) is 5.97. The standard InChI is InChI=1S/C15H19N3OS/c1-10(6-14-4-3-5-20-14)18(2)15(19)11-7-12(16)9-13(17)8-11/h3-5,7-10H,6,16-17H2,1-2H3. The van der Waals surface area contributed by atoms with Crippen molar-refractivity contribution in [3.05, 3.63) is 46.2 Å². The van der Waals surface area contributed by atoms with Crippen molar-refractivity contribution in [2.45, 2.75) is 19.4 Å². The molecule has 106 valence electrons. The molecule has 0 saturated heterocycles. The molecule has 4 N–H and O–H groups in total. The van der Waals surface area contributed by atoms with Crippen LogP contribution in [0.3, 0.4) is 0 Å². The van der Waals surface area contributed by atoms with Gasteiger partial charge in [0.05, 0.1) is 0 Å². The molecule has 0 fully saturated rings. The number of hydrogen-bond acceptors (Lipinski definition) is 4. The van der Waals surface area contributed by atoms with Gasteiger partial charge in [-0.1, -0.05) is 6.07 Å². The Labute approximate surface area is 123 Å². The van der Waals surface area contributed by atoms with Gasteiger partial charge in [-0.15, -0.1) is 11.3 Å². The summed E-state index contributed by atoms with van der Waals surface area (Å²) in [4.78, 5) is 15.4. The highest BCUT2D eigenvalue weighted by Crippen LogP contribution is 2.18. The molecule has 1 atom stereocenters. The highest BCUT2D eigenvalue weighted by atomic mass is 32.1. The second-order valence-electron chi connectivity index (χ2n) is 4.94. The molecule has 0 radical (unpaired) electrons. The lowest BCUT2D eigenvalue weighted by Crippen LogP contribution is -2.36. The van der Waals surface area contributed by atoms with Gasteiger partial charge in [0.15, 0.2) is 0 Å². The lowest BCUT2D eigenvalue weighted by molar-refractivity contribution is 0.0744. The topological polar surface area (TPSA) is 72.3 Å². The van der Waals surface area contributed by atoms with Gasteiger partial charge in [0.2, 0.25) is 0 Å². The third-order valence-corrected chi connectivity index (χ3v) is 4.18. The molecule has 1 unspecified atom stereocenters. The summed E-state index contributed by atoms with van der Waals surface area (Å²) in [6.07, 6.45) is 0.845. The summed E-state index contributed by atoms with van der Waals surface area (Å²) in [7, 11) is 1.81. The van der Waals surface area contributed by atoms with Crippen molar-refractivity contribution in [1.29, 1.82) is 0 Å².